The fourth-order valence-corrected chi connectivity index (χ4v) is 0.770. The zero-order chi connectivity index (χ0) is 8.27. The van der Waals surface area contributed by atoms with Crippen molar-refractivity contribution in [1.29, 1.82) is 0 Å². The summed E-state index contributed by atoms with van der Waals surface area (Å²) < 4.78 is 0. The molecule has 11 heavy (non-hydrogen) atoms. The van der Waals surface area contributed by atoms with Crippen molar-refractivity contribution in [3.63, 3.8) is 0 Å². The molecule has 0 unspecified atom stereocenters. The van der Waals surface area contributed by atoms with Gasteiger partial charge < -0.3 is 10.8 Å². The second kappa shape index (κ2) is 3.14. The molecule has 0 aliphatic heterocycles. The molecule has 0 aliphatic carbocycles. The Kier molecular flexibility index (Phi) is 2.21. The van der Waals surface area contributed by atoms with E-state index in [-0.39, 0.29) is 11.4 Å². The highest BCUT2D eigenvalue weighted by Crippen LogP contribution is 2.24. The van der Waals surface area contributed by atoms with Gasteiger partial charge in [0.1, 0.15) is 5.75 Å². The number of hydrogen-bond donors (Lipinski definition) is 2. The van der Waals surface area contributed by atoms with Crippen LogP contribution in [0.5, 0.6) is 5.75 Å². The molecule has 0 fully saturated rings. The number of aromatic hydroxyl groups is 1. The van der Waals surface area contributed by atoms with Crippen molar-refractivity contribution in [1.82, 2.24) is 0 Å². The lowest BCUT2D eigenvalue weighted by atomic mass is 10.2. The number of nitrogens with two attached hydrogens (primary N) is 1. The number of isothiocyanates is 1. The molecule has 4 heteroatoms. The largest absolute Gasteiger partial charge is 0.506 e. The zero-order valence-electron chi connectivity index (χ0n) is 5.61. The average molecular weight is 166 g/mol. The molecule has 0 spiro atoms. The predicted molar refractivity (Wildman–Crippen MR) is 47.2 cm³/mol. The van der Waals surface area contributed by atoms with Crippen LogP contribution in [0.1, 0.15) is 0 Å². The number of nitrogens with zero attached hydrogens (tertiary/aromatic N) is 1. The van der Waals surface area contributed by atoms with Crippen molar-refractivity contribution in [2.45, 2.75) is 0 Å². The summed E-state index contributed by atoms with van der Waals surface area (Å²) in [6.07, 6.45) is 0. The Morgan fingerprint density at radius 1 is 1.55 bits per heavy atom. The van der Waals surface area contributed by atoms with E-state index in [9.17, 15) is 0 Å². The topological polar surface area (TPSA) is 58.6 Å². The van der Waals surface area contributed by atoms with Crippen LogP contribution >= 0.6 is 12.2 Å². The summed E-state index contributed by atoms with van der Waals surface area (Å²) in [7, 11) is 0. The summed E-state index contributed by atoms with van der Waals surface area (Å²) in [6.45, 7) is 0. The quantitative estimate of drug-likeness (QED) is 0.289. The third-order valence-corrected chi connectivity index (χ3v) is 1.28. The second-order valence-electron chi connectivity index (χ2n) is 1.95. The Morgan fingerprint density at radius 3 is 2.82 bits per heavy atom. The van der Waals surface area contributed by atoms with Gasteiger partial charge in [0.05, 0.1) is 16.5 Å². The standard InChI is InChI=1S/C7H6N2OS/c8-6-3-5(9-4-11)1-2-7(6)10/h1-3,10H,8H2. The lowest BCUT2D eigenvalue weighted by molar-refractivity contribution is 0.478. The van der Waals surface area contributed by atoms with E-state index in [0.29, 0.717) is 5.69 Å². The number of hydrogen-bond acceptors (Lipinski definition) is 4. The lowest BCUT2D eigenvalue weighted by Gasteiger charge is -1.96. The van der Waals surface area contributed by atoms with Gasteiger partial charge in [-0.25, -0.2) is 0 Å². The van der Waals surface area contributed by atoms with E-state index in [1.54, 1.807) is 6.07 Å². The molecule has 0 aliphatic rings. The Balaban J connectivity index is 3.14. The molecule has 3 nitrogen and oxygen atoms in total. The number of anilines is 1. The maximum atomic E-state index is 9.00. The van der Waals surface area contributed by atoms with E-state index in [0.717, 1.165) is 0 Å². The lowest BCUT2D eigenvalue weighted by Crippen LogP contribution is -1.83. The highest BCUT2D eigenvalue weighted by atomic mass is 32.1. The third-order valence-electron chi connectivity index (χ3n) is 1.19. The highest BCUT2D eigenvalue weighted by Gasteiger charge is 1.95. The minimum Gasteiger partial charge on any atom is -0.506 e. The van der Waals surface area contributed by atoms with Gasteiger partial charge in [0.15, 0.2) is 0 Å². The monoisotopic (exact) mass is 166 g/mol. The van der Waals surface area contributed by atoms with Crippen LogP contribution in [0.25, 0.3) is 0 Å². The Morgan fingerprint density at radius 2 is 2.27 bits per heavy atom. The molecule has 0 radical (unpaired) electrons. The van der Waals surface area contributed by atoms with Crippen molar-refractivity contribution >= 4 is 28.8 Å². The first-order valence-electron chi connectivity index (χ1n) is 2.90. The van der Waals surface area contributed by atoms with E-state index in [1.165, 1.54) is 12.1 Å². The molecule has 1 rings (SSSR count). The third kappa shape index (κ3) is 1.77. The first kappa shape index (κ1) is 7.72. The SMILES string of the molecule is Nc1cc(N=C=S)ccc1O. The fourth-order valence-electron chi connectivity index (χ4n) is 0.664. The Labute approximate surface area is 69.2 Å². The van der Waals surface area contributed by atoms with Gasteiger partial charge in [0, 0.05) is 0 Å². The minimum absolute atomic E-state index is 0.0494. The number of benzene rings is 1. The Bertz CT molecular complexity index is 318. The number of phenolic OH excluding ortho intramolecular Hbond substituents is 1. The number of rotatable bonds is 1. The van der Waals surface area contributed by atoms with Crippen LogP contribution in [0.4, 0.5) is 11.4 Å². The summed E-state index contributed by atoms with van der Waals surface area (Å²) in [5.74, 6) is 0.0494. The van der Waals surface area contributed by atoms with Gasteiger partial charge in [0.25, 0.3) is 0 Å². The highest BCUT2D eigenvalue weighted by molar-refractivity contribution is 7.78. The molecule has 0 bridgehead atoms. The average Bonchev–Trinajstić information content (AvgIpc) is 1.98. The molecule has 0 aromatic heterocycles. The molecular weight excluding hydrogens is 160 g/mol. The number of nitrogen functional groups attached to an aromatic ring is 1. The Hall–Kier alpha value is -1.38. The zero-order valence-corrected chi connectivity index (χ0v) is 6.43. The van der Waals surface area contributed by atoms with Crippen LogP contribution in [0.2, 0.25) is 0 Å². The summed E-state index contributed by atoms with van der Waals surface area (Å²) in [4.78, 5) is 3.68. The number of thiocarbonyl (C=S) groups is 1. The molecule has 3 N–H and O–H groups in total. The van der Waals surface area contributed by atoms with Gasteiger partial charge in [-0.05, 0) is 30.4 Å². The van der Waals surface area contributed by atoms with Crippen LogP contribution in [-0.2, 0) is 0 Å². The van der Waals surface area contributed by atoms with E-state index in [2.05, 4.69) is 22.4 Å². The van der Waals surface area contributed by atoms with Gasteiger partial charge in [-0.3, -0.25) is 0 Å². The summed E-state index contributed by atoms with van der Waals surface area (Å²) >= 11 is 4.39. The first-order chi connectivity index (χ1) is 5.24. The van der Waals surface area contributed by atoms with E-state index < -0.39 is 0 Å². The molecule has 0 atom stereocenters. The molecular formula is C7H6N2OS. The maximum Gasteiger partial charge on any atom is 0.138 e. The van der Waals surface area contributed by atoms with Crippen LogP contribution < -0.4 is 5.73 Å². The maximum absolute atomic E-state index is 9.00. The molecule has 0 saturated carbocycles. The first-order valence-corrected chi connectivity index (χ1v) is 3.31. The van der Waals surface area contributed by atoms with E-state index >= 15 is 0 Å². The van der Waals surface area contributed by atoms with E-state index in [1.807, 2.05) is 0 Å². The second-order valence-corrected chi connectivity index (χ2v) is 2.13. The van der Waals surface area contributed by atoms with Crippen LogP contribution in [0.15, 0.2) is 23.2 Å². The van der Waals surface area contributed by atoms with E-state index in [4.69, 9.17) is 10.8 Å². The minimum atomic E-state index is 0.0494. The van der Waals surface area contributed by atoms with Gasteiger partial charge in [-0.15, -0.1) is 0 Å². The van der Waals surface area contributed by atoms with Crippen molar-refractivity contribution in [2.75, 3.05) is 5.73 Å². The summed E-state index contributed by atoms with van der Waals surface area (Å²) in [5, 5.41) is 11.2. The van der Waals surface area contributed by atoms with Crippen LogP contribution in [-0.4, -0.2) is 10.3 Å². The molecule has 1 aromatic rings. The molecule has 0 saturated heterocycles. The smallest absolute Gasteiger partial charge is 0.138 e. The molecule has 56 valence electrons. The van der Waals surface area contributed by atoms with Crippen molar-refractivity contribution in [3.8, 4) is 5.75 Å². The number of phenols is 1. The van der Waals surface area contributed by atoms with Gasteiger partial charge >= 0.3 is 0 Å². The van der Waals surface area contributed by atoms with Crippen molar-refractivity contribution < 1.29 is 5.11 Å². The van der Waals surface area contributed by atoms with Gasteiger partial charge in [-0.1, -0.05) is 0 Å². The van der Waals surface area contributed by atoms with Gasteiger partial charge in [0.2, 0.25) is 0 Å². The number of aliphatic imine (C=N–C) groups is 1. The molecule has 1 aromatic carbocycles. The van der Waals surface area contributed by atoms with Crippen molar-refractivity contribution in [3.05, 3.63) is 18.2 Å². The van der Waals surface area contributed by atoms with Gasteiger partial charge in [-0.2, -0.15) is 4.99 Å². The summed E-state index contributed by atoms with van der Waals surface area (Å²) in [6, 6.07) is 4.58. The van der Waals surface area contributed by atoms with Crippen molar-refractivity contribution in [2.24, 2.45) is 4.99 Å². The predicted octanol–water partition coefficient (Wildman–Crippen LogP) is 1.71. The summed E-state index contributed by atoms with van der Waals surface area (Å²) in [5.41, 5.74) is 6.26. The normalized spacial score (nSPS) is 8.73. The fraction of sp³-hybridized carbons (Fsp3) is 0. The molecule has 0 heterocycles. The molecule has 0 amide bonds. The van der Waals surface area contributed by atoms with Crippen LogP contribution in [0.3, 0.4) is 0 Å². The van der Waals surface area contributed by atoms with Crippen LogP contribution in [0, 0.1) is 0 Å².